The average Bonchev–Trinajstić information content (AvgIpc) is 3.61. The predicted molar refractivity (Wildman–Crippen MR) is 195 cm³/mol. The molecule has 218 valence electrons. The molecule has 10 rings (SSSR count). The molecule has 1 fully saturated rings. The summed E-state index contributed by atoms with van der Waals surface area (Å²) in [7, 11) is -1.37. The van der Waals surface area contributed by atoms with Crippen LogP contribution >= 0.6 is 15.8 Å². The smallest absolute Gasteiger partial charge is 0.0140 e. The van der Waals surface area contributed by atoms with Crippen molar-refractivity contribution in [3.63, 3.8) is 0 Å². The molecule has 2 atom stereocenters. The summed E-state index contributed by atoms with van der Waals surface area (Å²) in [5.74, 6) is 2.39. The molecule has 0 heterocycles. The molecule has 0 N–H and O–H groups in total. The van der Waals surface area contributed by atoms with E-state index in [1.165, 1.54) is 40.5 Å². The number of rotatable bonds is 6. The van der Waals surface area contributed by atoms with E-state index in [2.05, 4.69) is 158 Å². The van der Waals surface area contributed by atoms with Crippen LogP contribution in [0.15, 0.2) is 158 Å². The molecule has 45 heavy (non-hydrogen) atoms. The topological polar surface area (TPSA) is 0 Å². The van der Waals surface area contributed by atoms with Gasteiger partial charge in [-0.05, 0) is 94.6 Å². The summed E-state index contributed by atoms with van der Waals surface area (Å²) < 4.78 is 0. The molecule has 0 saturated heterocycles. The summed E-state index contributed by atoms with van der Waals surface area (Å²) >= 11 is 0. The molecule has 0 amide bonds. The molecule has 6 aromatic rings. The Labute approximate surface area is 269 Å². The lowest BCUT2D eigenvalue weighted by Crippen LogP contribution is -2.43. The Kier molecular flexibility index (Phi) is 7.04. The van der Waals surface area contributed by atoms with Crippen molar-refractivity contribution in [1.82, 2.24) is 0 Å². The maximum atomic E-state index is 2.50. The van der Waals surface area contributed by atoms with Crippen LogP contribution < -0.4 is 31.8 Å². The van der Waals surface area contributed by atoms with Crippen LogP contribution in [-0.2, 0) is 0 Å². The Hall–Kier alpha value is -3.82. The van der Waals surface area contributed by atoms with Crippen molar-refractivity contribution in [1.29, 1.82) is 0 Å². The molecule has 2 bridgehead atoms. The first-order valence-electron chi connectivity index (χ1n) is 16.4. The highest BCUT2D eigenvalue weighted by Gasteiger charge is 2.53. The van der Waals surface area contributed by atoms with Crippen LogP contribution in [0.1, 0.15) is 53.4 Å². The van der Waals surface area contributed by atoms with Gasteiger partial charge in [-0.15, -0.1) is 0 Å². The van der Waals surface area contributed by atoms with E-state index in [0.717, 1.165) is 5.92 Å². The zero-order valence-electron chi connectivity index (χ0n) is 25.3. The van der Waals surface area contributed by atoms with Crippen LogP contribution in [0.4, 0.5) is 0 Å². The van der Waals surface area contributed by atoms with Crippen LogP contribution in [0.25, 0.3) is 0 Å². The van der Waals surface area contributed by atoms with Crippen LogP contribution in [0.3, 0.4) is 0 Å². The van der Waals surface area contributed by atoms with Gasteiger partial charge in [0.05, 0.1) is 0 Å². The second-order valence-corrected chi connectivity index (χ2v) is 17.2. The van der Waals surface area contributed by atoms with E-state index in [-0.39, 0.29) is 0 Å². The second-order valence-electron chi connectivity index (χ2n) is 12.8. The van der Waals surface area contributed by atoms with Gasteiger partial charge in [0.2, 0.25) is 0 Å². The summed E-state index contributed by atoms with van der Waals surface area (Å²) in [6.07, 6.45) is 4.06. The van der Waals surface area contributed by atoms with Gasteiger partial charge in [-0.3, -0.25) is 0 Å². The quantitative estimate of drug-likeness (QED) is 0.166. The van der Waals surface area contributed by atoms with E-state index in [1.807, 2.05) is 0 Å². The third-order valence-electron chi connectivity index (χ3n) is 10.5. The van der Waals surface area contributed by atoms with Crippen LogP contribution in [0, 0.1) is 11.8 Å². The molecule has 6 aromatic carbocycles. The fraction of sp³-hybridized carbons (Fsp3) is 0.163. The van der Waals surface area contributed by atoms with Crippen molar-refractivity contribution in [2.45, 2.75) is 31.1 Å². The molecule has 4 aliphatic carbocycles. The third kappa shape index (κ3) is 4.49. The van der Waals surface area contributed by atoms with Gasteiger partial charge in [0.15, 0.2) is 0 Å². The first-order chi connectivity index (χ1) is 22.4. The zero-order valence-corrected chi connectivity index (χ0v) is 27.1. The molecule has 4 aliphatic rings. The molecule has 0 aliphatic heterocycles. The Balaban J connectivity index is 1.31. The first-order valence-corrected chi connectivity index (χ1v) is 19.1. The van der Waals surface area contributed by atoms with Gasteiger partial charge in [-0.2, -0.15) is 0 Å². The number of benzene rings is 6. The molecule has 0 spiro atoms. The number of hydrogen-bond acceptors (Lipinski definition) is 0. The van der Waals surface area contributed by atoms with Crippen LogP contribution in [-0.4, -0.2) is 0 Å². The van der Waals surface area contributed by atoms with Crippen molar-refractivity contribution >= 4 is 47.7 Å². The molecule has 1 saturated carbocycles. The van der Waals surface area contributed by atoms with Crippen molar-refractivity contribution in [3.8, 4) is 0 Å². The second kappa shape index (κ2) is 11.5. The summed E-state index contributed by atoms with van der Waals surface area (Å²) in [4.78, 5) is 0. The third-order valence-corrected chi connectivity index (χ3v) is 15.5. The van der Waals surface area contributed by atoms with E-state index in [9.17, 15) is 0 Å². The summed E-state index contributed by atoms with van der Waals surface area (Å²) in [6, 6.07) is 60.1. The van der Waals surface area contributed by atoms with Crippen molar-refractivity contribution in [3.05, 3.63) is 180 Å². The lowest BCUT2D eigenvalue weighted by molar-refractivity contribution is 0.273. The van der Waals surface area contributed by atoms with Gasteiger partial charge in [-0.25, -0.2) is 0 Å². The molecule has 2 heteroatoms. The highest BCUT2D eigenvalue weighted by molar-refractivity contribution is 7.80. The van der Waals surface area contributed by atoms with Gasteiger partial charge in [0, 0.05) is 11.8 Å². The molecular formula is C43H36P2. The van der Waals surface area contributed by atoms with Crippen LogP contribution in [0.2, 0.25) is 0 Å². The molecule has 0 nitrogen and oxygen atoms in total. The predicted octanol–water partition coefficient (Wildman–Crippen LogP) is 8.21. The van der Waals surface area contributed by atoms with Gasteiger partial charge in [-0.1, -0.05) is 164 Å². The highest BCUT2D eigenvalue weighted by Crippen LogP contribution is 2.64. The van der Waals surface area contributed by atoms with E-state index in [1.54, 1.807) is 32.9 Å². The van der Waals surface area contributed by atoms with Crippen molar-refractivity contribution in [2.24, 2.45) is 11.8 Å². The minimum atomic E-state index is -0.687. The fourth-order valence-electron chi connectivity index (χ4n) is 8.96. The van der Waals surface area contributed by atoms with Crippen molar-refractivity contribution in [2.75, 3.05) is 0 Å². The van der Waals surface area contributed by atoms with Gasteiger partial charge in [0.25, 0.3) is 0 Å². The normalized spacial score (nSPS) is 21.0. The molecule has 0 unspecified atom stereocenters. The molecule has 0 radical (unpaired) electrons. The van der Waals surface area contributed by atoms with Gasteiger partial charge >= 0.3 is 0 Å². The standard InChI is InChI=1S/C43H36P2/c1-5-16-30(17-6-1)44(31-18-7-2-8-19-31)38-28-14-26-36-40-34-24-13-25-35(34)43(41(36)38)42-37(40)27-15-29-39(42)45(32-20-9-3-10-21-32)33-22-11-4-12-23-33/h1-12,14-23,26-29,34-35,40,43H,13,24-25H2/t34-,35+,40?,43?/m1/s1. The zero-order chi connectivity index (χ0) is 29.7. The van der Waals surface area contributed by atoms with E-state index in [4.69, 9.17) is 0 Å². The summed E-state index contributed by atoms with van der Waals surface area (Å²) in [5, 5.41) is 8.93. The largest absolute Gasteiger partial charge is 0.0622 e. The maximum Gasteiger partial charge on any atom is 0.0140 e. The fourth-order valence-corrected chi connectivity index (χ4v) is 14.0. The minimum absolute atomic E-state index is 0.440. The molecule has 0 aromatic heterocycles. The highest BCUT2D eigenvalue weighted by atomic mass is 31.1. The number of hydrogen-bond donors (Lipinski definition) is 0. The maximum absolute atomic E-state index is 2.50. The Morgan fingerprint density at radius 3 is 1.09 bits per heavy atom. The summed E-state index contributed by atoms with van der Waals surface area (Å²) in [6.45, 7) is 0. The Morgan fingerprint density at radius 1 is 0.356 bits per heavy atom. The first kappa shape index (κ1) is 27.5. The Bertz CT molecular complexity index is 1740. The average molecular weight is 615 g/mol. The lowest BCUT2D eigenvalue weighted by Gasteiger charge is -2.51. The SMILES string of the molecule is c1ccc(P(c2ccccc2)c2cccc3c2C2c4c(cccc4P(c4ccccc4)c4ccccc4)C3[C@@H]3CCC[C@H]23)cc1. The van der Waals surface area contributed by atoms with E-state index >= 15 is 0 Å². The van der Waals surface area contributed by atoms with Crippen LogP contribution in [0.5, 0.6) is 0 Å². The van der Waals surface area contributed by atoms with Gasteiger partial charge in [0.1, 0.15) is 0 Å². The molecular weight excluding hydrogens is 578 g/mol. The lowest BCUT2D eigenvalue weighted by atomic mass is 9.55. The van der Waals surface area contributed by atoms with Crippen molar-refractivity contribution < 1.29 is 0 Å². The van der Waals surface area contributed by atoms with Gasteiger partial charge < -0.3 is 0 Å². The van der Waals surface area contributed by atoms with E-state index < -0.39 is 15.8 Å². The minimum Gasteiger partial charge on any atom is -0.0622 e. The summed E-state index contributed by atoms with van der Waals surface area (Å²) in [5.41, 5.74) is 6.57. The van der Waals surface area contributed by atoms with E-state index in [0.29, 0.717) is 17.8 Å². The monoisotopic (exact) mass is 614 g/mol. The Morgan fingerprint density at radius 2 is 0.711 bits per heavy atom.